The van der Waals surface area contributed by atoms with E-state index in [2.05, 4.69) is 5.32 Å². The Morgan fingerprint density at radius 1 is 1.41 bits per heavy atom. The van der Waals surface area contributed by atoms with E-state index in [0.717, 1.165) is 17.0 Å². The molecule has 0 saturated carbocycles. The predicted molar refractivity (Wildman–Crippen MR) is 63.1 cm³/mol. The SMILES string of the molecule is CC(=O)Nc1ccc2c(c1)[C@@H]1O[C@@H]1C(C)(C)O2. The zero-order chi connectivity index (χ0) is 12.2. The summed E-state index contributed by atoms with van der Waals surface area (Å²) >= 11 is 0. The van der Waals surface area contributed by atoms with Crippen LogP contribution in [-0.4, -0.2) is 17.6 Å². The number of amides is 1. The number of nitrogens with one attached hydrogen (secondary N) is 1. The van der Waals surface area contributed by atoms with Crippen LogP contribution in [0.1, 0.15) is 32.4 Å². The lowest BCUT2D eigenvalue weighted by Gasteiger charge is -2.29. The number of epoxide rings is 1. The van der Waals surface area contributed by atoms with Crippen molar-refractivity contribution in [1.82, 2.24) is 0 Å². The van der Waals surface area contributed by atoms with Crippen LogP contribution < -0.4 is 10.1 Å². The number of anilines is 1. The van der Waals surface area contributed by atoms with E-state index in [4.69, 9.17) is 9.47 Å². The predicted octanol–water partition coefficient (Wildman–Crippen LogP) is 2.26. The smallest absolute Gasteiger partial charge is 0.221 e. The summed E-state index contributed by atoms with van der Waals surface area (Å²) in [6, 6.07) is 5.66. The highest BCUT2D eigenvalue weighted by Gasteiger charge is 2.56. The van der Waals surface area contributed by atoms with Gasteiger partial charge in [0, 0.05) is 18.2 Å². The minimum Gasteiger partial charge on any atom is -0.485 e. The number of benzene rings is 1. The summed E-state index contributed by atoms with van der Waals surface area (Å²) in [6.07, 6.45) is 0.241. The van der Waals surface area contributed by atoms with E-state index in [1.54, 1.807) is 0 Å². The molecule has 1 amide bonds. The van der Waals surface area contributed by atoms with Crippen LogP contribution >= 0.6 is 0 Å². The molecule has 3 rings (SSSR count). The van der Waals surface area contributed by atoms with Crippen molar-refractivity contribution in [2.45, 2.75) is 38.6 Å². The monoisotopic (exact) mass is 233 g/mol. The van der Waals surface area contributed by atoms with Crippen LogP contribution in [0.4, 0.5) is 5.69 Å². The molecule has 1 aromatic rings. The van der Waals surface area contributed by atoms with Crippen LogP contribution in [0.25, 0.3) is 0 Å². The first-order valence-corrected chi connectivity index (χ1v) is 5.73. The molecule has 0 unspecified atom stereocenters. The fraction of sp³-hybridized carbons (Fsp3) is 0.462. The van der Waals surface area contributed by atoms with Gasteiger partial charge in [-0.2, -0.15) is 0 Å². The van der Waals surface area contributed by atoms with Gasteiger partial charge in [0.05, 0.1) is 0 Å². The molecule has 2 heterocycles. The second kappa shape index (κ2) is 3.23. The molecule has 17 heavy (non-hydrogen) atoms. The number of rotatable bonds is 1. The Morgan fingerprint density at radius 3 is 2.88 bits per heavy atom. The van der Waals surface area contributed by atoms with Gasteiger partial charge < -0.3 is 14.8 Å². The number of fused-ring (bicyclic) bond motifs is 3. The van der Waals surface area contributed by atoms with E-state index >= 15 is 0 Å². The van der Waals surface area contributed by atoms with Crippen LogP contribution in [0.2, 0.25) is 0 Å². The highest BCUT2D eigenvalue weighted by molar-refractivity contribution is 5.88. The maximum atomic E-state index is 11.0. The fourth-order valence-electron chi connectivity index (χ4n) is 2.36. The Hall–Kier alpha value is -1.55. The molecule has 1 fully saturated rings. The third-order valence-corrected chi connectivity index (χ3v) is 3.19. The Morgan fingerprint density at radius 2 is 2.18 bits per heavy atom. The highest BCUT2D eigenvalue weighted by atomic mass is 16.6. The van der Waals surface area contributed by atoms with Crippen molar-refractivity contribution in [1.29, 1.82) is 0 Å². The van der Waals surface area contributed by atoms with Crippen LogP contribution in [0.5, 0.6) is 5.75 Å². The molecule has 1 saturated heterocycles. The summed E-state index contributed by atoms with van der Waals surface area (Å²) in [7, 11) is 0. The molecule has 0 radical (unpaired) electrons. The highest BCUT2D eigenvalue weighted by Crippen LogP contribution is 2.54. The van der Waals surface area contributed by atoms with Gasteiger partial charge in [0.25, 0.3) is 0 Å². The minimum absolute atomic E-state index is 0.0738. The lowest BCUT2D eigenvalue weighted by Crippen LogP contribution is -2.37. The van der Waals surface area contributed by atoms with E-state index in [9.17, 15) is 4.79 Å². The van der Waals surface area contributed by atoms with Crippen molar-refractivity contribution in [3.05, 3.63) is 23.8 Å². The summed E-state index contributed by atoms with van der Waals surface area (Å²) in [6.45, 7) is 5.56. The molecule has 0 bridgehead atoms. The summed E-state index contributed by atoms with van der Waals surface area (Å²) < 4.78 is 11.5. The normalized spacial score (nSPS) is 27.5. The van der Waals surface area contributed by atoms with Gasteiger partial charge in [-0.1, -0.05) is 0 Å². The van der Waals surface area contributed by atoms with Crippen molar-refractivity contribution in [2.24, 2.45) is 0 Å². The maximum Gasteiger partial charge on any atom is 0.221 e. The van der Waals surface area contributed by atoms with Crippen LogP contribution in [0, 0.1) is 0 Å². The van der Waals surface area contributed by atoms with Crippen LogP contribution in [-0.2, 0) is 9.53 Å². The molecule has 0 aliphatic carbocycles. The Labute approximate surface area is 99.9 Å². The summed E-state index contributed by atoms with van der Waals surface area (Å²) in [5, 5.41) is 2.76. The Bertz CT molecular complexity index is 495. The van der Waals surface area contributed by atoms with Gasteiger partial charge in [-0.05, 0) is 32.0 Å². The first kappa shape index (κ1) is 10.6. The zero-order valence-corrected chi connectivity index (χ0v) is 10.1. The van der Waals surface area contributed by atoms with E-state index in [1.807, 2.05) is 32.0 Å². The number of ether oxygens (including phenoxy) is 2. The molecule has 90 valence electrons. The summed E-state index contributed by atoms with van der Waals surface area (Å²) in [4.78, 5) is 11.0. The molecule has 1 aromatic carbocycles. The van der Waals surface area contributed by atoms with Crippen molar-refractivity contribution in [3.63, 3.8) is 0 Å². The third kappa shape index (κ3) is 1.69. The lowest BCUT2D eigenvalue weighted by atomic mass is 9.94. The molecule has 2 atom stereocenters. The summed E-state index contributed by atoms with van der Waals surface area (Å²) in [5.74, 6) is 0.776. The topological polar surface area (TPSA) is 50.9 Å². The minimum atomic E-state index is -0.271. The van der Waals surface area contributed by atoms with E-state index < -0.39 is 0 Å². The van der Waals surface area contributed by atoms with Gasteiger partial charge in [-0.3, -0.25) is 4.79 Å². The van der Waals surface area contributed by atoms with Crippen LogP contribution in [0.3, 0.4) is 0 Å². The fourth-order valence-corrected chi connectivity index (χ4v) is 2.36. The Balaban J connectivity index is 1.95. The average Bonchev–Trinajstić information content (AvgIpc) is 2.98. The molecule has 4 nitrogen and oxygen atoms in total. The first-order chi connectivity index (χ1) is 7.97. The van der Waals surface area contributed by atoms with Crippen molar-refractivity contribution in [3.8, 4) is 5.75 Å². The van der Waals surface area contributed by atoms with E-state index in [1.165, 1.54) is 6.92 Å². The third-order valence-electron chi connectivity index (χ3n) is 3.19. The number of carbonyl (C=O) groups is 1. The molecule has 2 aliphatic rings. The van der Waals surface area contributed by atoms with Gasteiger partial charge in [-0.15, -0.1) is 0 Å². The van der Waals surface area contributed by atoms with Gasteiger partial charge in [0.15, 0.2) is 0 Å². The Kier molecular flexibility index (Phi) is 2.01. The summed E-state index contributed by atoms with van der Waals surface area (Å²) in [5.41, 5.74) is 1.54. The number of carbonyl (C=O) groups excluding carboxylic acids is 1. The maximum absolute atomic E-state index is 11.0. The quantitative estimate of drug-likeness (QED) is 0.757. The van der Waals surface area contributed by atoms with E-state index in [-0.39, 0.29) is 23.7 Å². The second-order valence-electron chi connectivity index (χ2n) is 5.12. The van der Waals surface area contributed by atoms with Crippen molar-refractivity contribution >= 4 is 11.6 Å². The number of hydrogen-bond donors (Lipinski definition) is 1. The van der Waals surface area contributed by atoms with Gasteiger partial charge in [0.2, 0.25) is 5.91 Å². The molecule has 2 aliphatic heterocycles. The van der Waals surface area contributed by atoms with Gasteiger partial charge in [0.1, 0.15) is 23.6 Å². The number of hydrogen-bond acceptors (Lipinski definition) is 3. The molecular weight excluding hydrogens is 218 g/mol. The standard InChI is InChI=1S/C13H15NO3/c1-7(15)14-8-4-5-10-9(6-8)11-12(16-11)13(2,3)17-10/h4-6,11-12H,1-3H3,(H,14,15)/t11-,12-/m0/s1. The average molecular weight is 233 g/mol. The molecule has 4 heteroatoms. The zero-order valence-electron chi connectivity index (χ0n) is 10.1. The molecule has 0 aromatic heterocycles. The first-order valence-electron chi connectivity index (χ1n) is 5.73. The lowest BCUT2D eigenvalue weighted by molar-refractivity contribution is -0.114. The van der Waals surface area contributed by atoms with Gasteiger partial charge in [-0.25, -0.2) is 0 Å². The molecule has 1 N–H and O–H groups in total. The second-order valence-corrected chi connectivity index (χ2v) is 5.12. The van der Waals surface area contributed by atoms with Crippen molar-refractivity contribution < 1.29 is 14.3 Å². The molecule has 0 spiro atoms. The molecular formula is C13H15NO3. The van der Waals surface area contributed by atoms with Crippen molar-refractivity contribution in [2.75, 3.05) is 5.32 Å². The largest absolute Gasteiger partial charge is 0.485 e. The van der Waals surface area contributed by atoms with E-state index in [0.29, 0.717) is 0 Å². The van der Waals surface area contributed by atoms with Crippen LogP contribution in [0.15, 0.2) is 18.2 Å². The van der Waals surface area contributed by atoms with Gasteiger partial charge >= 0.3 is 0 Å².